The number of fused-ring (bicyclic) bond motifs is 8. The number of hydrogen-bond donors (Lipinski definition) is 0. The molecule has 0 N–H and O–H groups in total. The van der Waals surface area contributed by atoms with Crippen molar-refractivity contribution < 1.29 is 0 Å². The molecule has 86 valence electrons. The number of benzene rings is 1. The highest BCUT2D eigenvalue weighted by Crippen LogP contribution is 2.62. The van der Waals surface area contributed by atoms with Crippen LogP contribution in [-0.2, 0) is 6.54 Å². The quantitative estimate of drug-likeness (QED) is 0.708. The molecule has 1 unspecified atom stereocenters. The van der Waals surface area contributed by atoms with Gasteiger partial charge in [-0.3, -0.25) is 4.90 Å². The topological polar surface area (TPSA) is 27.7 Å². The number of nitrogens with zero attached hydrogens (tertiary/aromatic N) is 3. The summed E-state index contributed by atoms with van der Waals surface area (Å²) in [5, 5.41) is 8.66. The van der Waals surface area contributed by atoms with E-state index < -0.39 is 0 Å². The summed E-state index contributed by atoms with van der Waals surface area (Å²) in [6, 6.07) is 13.7. The molecule has 0 spiro atoms. The van der Waals surface area contributed by atoms with Crippen molar-refractivity contribution in [3.05, 3.63) is 35.9 Å². The lowest BCUT2D eigenvalue weighted by atomic mass is 9.90. The van der Waals surface area contributed by atoms with Crippen LogP contribution < -0.4 is 0 Å². The molecule has 3 fully saturated rings. The standard InChI is InChI=1S/C14H15N3/c1-2-4-8(5-3-1)7-17-13-9-6-10(14(13)17)12-11(9)15-16-12/h1-5,9-14H,6-7H2/t9-,10+,11+,12-,13-,14+,17?. The maximum atomic E-state index is 4.33. The highest BCUT2D eigenvalue weighted by atomic mass is 15.4. The van der Waals surface area contributed by atoms with Crippen molar-refractivity contribution in [3.63, 3.8) is 0 Å². The molecular formula is C14H15N3. The SMILES string of the molecule is c1ccc(CN2[C@@H]3[C@@H]4C[C@@H]([C@H]5N=N[C@@H]45)[C@@H]32)cc1. The van der Waals surface area contributed by atoms with Crippen LogP contribution in [0.15, 0.2) is 40.6 Å². The fourth-order valence-electron chi connectivity index (χ4n) is 4.50. The van der Waals surface area contributed by atoms with Gasteiger partial charge in [0.15, 0.2) is 0 Å². The van der Waals surface area contributed by atoms with E-state index in [2.05, 4.69) is 45.5 Å². The van der Waals surface area contributed by atoms with E-state index in [9.17, 15) is 0 Å². The second kappa shape index (κ2) is 2.78. The number of rotatable bonds is 2. The Morgan fingerprint density at radius 1 is 1.00 bits per heavy atom. The summed E-state index contributed by atoms with van der Waals surface area (Å²) in [7, 11) is 0. The van der Waals surface area contributed by atoms with E-state index in [0.717, 1.165) is 30.5 Å². The molecule has 3 nitrogen and oxygen atoms in total. The van der Waals surface area contributed by atoms with Crippen LogP contribution in [-0.4, -0.2) is 29.1 Å². The molecule has 0 amide bonds. The molecule has 1 aromatic carbocycles. The lowest BCUT2D eigenvalue weighted by Crippen LogP contribution is -2.39. The van der Waals surface area contributed by atoms with Crippen molar-refractivity contribution in [1.29, 1.82) is 0 Å². The lowest BCUT2D eigenvalue weighted by molar-refractivity contribution is 0.315. The van der Waals surface area contributed by atoms with Gasteiger partial charge in [-0.25, -0.2) is 0 Å². The third kappa shape index (κ3) is 0.974. The van der Waals surface area contributed by atoms with Crippen molar-refractivity contribution >= 4 is 0 Å². The Balaban J connectivity index is 1.38. The van der Waals surface area contributed by atoms with E-state index in [0.29, 0.717) is 12.1 Å². The van der Waals surface area contributed by atoms with Gasteiger partial charge in [0, 0.05) is 30.5 Å². The normalized spacial score (nSPS) is 51.9. The zero-order valence-electron chi connectivity index (χ0n) is 9.61. The average molecular weight is 225 g/mol. The molecular weight excluding hydrogens is 210 g/mol. The maximum absolute atomic E-state index is 4.33. The van der Waals surface area contributed by atoms with Gasteiger partial charge in [-0.1, -0.05) is 30.3 Å². The van der Waals surface area contributed by atoms with Crippen LogP contribution in [0.25, 0.3) is 0 Å². The predicted octanol–water partition coefficient (Wildman–Crippen LogP) is 2.09. The zero-order chi connectivity index (χ0) is 11.0. The van der Waals surface area contributed by atoms with Crippen molar-refractivity contribution in [3.8, 4) is 0 Å². The van der Waals surface area contributed by atoms with E-state index in [1.54, 1.807) is 0 Å². The molecule has 3 heteroatoms. The molecule has 5 rings (SSSR count). The van der Waals surface area contributed by atoms with Gasteiger partial charge in [-0.05, 0) is 12.0 Å². The first kappa shape index (κ1) is 8.81. The van der Waals surface area contributed by atoms with E-state index in [1.807, 2.05) is 0 Å². The van der Waals surface area contributed by atoms with E-state index in [-0.39, 0.29) is 0 Å². The van der Waals surface area contributed by atoms with Gasteiger partial charge >= 0.3 is 0 Å². The molecule has 17 heavy (non-hydrogen) atoms. The summed E-state index contributed by atoms with van der Waals surface area (Å²) < 4.78 is 0. The van der Waals surface area contributed by atoms with Crippen LogP contribution in [0, 0.1) is 11.8 Å². The predicted molar refractivity (Wildman–Crippen MR) is 63.6 cm³/mol. The molecule has 4 aliphatic rings. The molecule has 0 aromatic heterocycles. The Bertz CT molecular complexity index is 473. The molecule has 0 radical (unpaired) electrons. The molecule has 2 saturated carbocycles. The van der Waals surface area contributed by atoms with Crippen LogP contribution >= 0.6 is 0 Å². The van der Waals surface area contributed by atoms with Crippen LogP contribution in [0.5, 0.6) is 0 Å². The minimum Gasteiger partial charge on any atom is -0.289 e. The van der Waals surface area contributed by atoms with E-state index >= 15 is 0 Å². The van der Waals surface area contributed by atoms with Crippen molar-refractivity contribution in [1.82, 2.24) is 4.90 Å². The van der Waals surface area contributed by atoms with Gasteiger partial charge < -0.3 is 0 Å². The zero-order valence-corrected chi connectivity index (χ0v) is 9.61. The Morgan fingerprint density at radius 3 is 2.24 bits per heavy atom. The van der Waals surface area contributed by atoms with Crippen molar-refractivity contribution in [2.24, 2.45) is 22.1 Å². The molecule has 7 atom stereocenters. The van der Waals surface area contributed by atoms with Gasteiger partial charge in [0.05, 0.1) is 12.1 Å². The summed E-state index contributed by atoms with van der Waals surface area (Å²) in [4.78, 5) is 2.68. The number of piperidine rings is 1. The van der Waals surface area contributed by atoms with Crippen LogP contribution in [0.3, 0.4) is 0 Å². The first-order valence-corrected chi connectivity index (χ1v) is 6.63. The van der Waals surface area contributed by atoms with Crippen molar-refractivity contribution in [2.45, 2.75) is 37.1 Å². The highest BCUT2D eigenvalue weighted by Gasteiger charge is 2.72. The Morgan fingerprint density at radius 2 is 1.65 bits per heavy atom. The van der Waals surface area contributed by atoms with Gasteiger partial charge in [0.2, 0.25) is 0 Å². The second-order valence-corrected chi connectivity index (χ2v) is 5.91. The first-order chi connectivity index (χ1) is 8.43. The fraction of sp³-hybridized carbons (Fsp3) is 0.571. The summed E-state index contributed by atoms with van der Waals surface area (Å²) in [6.45, 7) is 1.13. The molecule has 1 saturated heterocycles. The van der Waals surface area contributed by atoms with Gasteiger partial charge in [-0.2, -0.15) is 10.2 Å². The summed E-state index contributed by atoms with van der Waals surface area (Å²) in [6.07, 6.45) is 1.39. The molecule has 1 aromatic rings. The lowest BCUT2D eigenvalue weighted by Gasteiger charge is -2.28. The Labute approximate surface area is 101 Å². The Hall–Kier alpha value is -1.22. The molecule has 2 heterocycles. The number of azo groups is 1. The molecule has 2 aliphatic heterocycles. The minimum absolute atomic E-state index is 0.599. The summed E-state index contributed by atoms with van der Waals surface area (Å²) in [5.74, 6) is 1.66. The van der Waals surface area contributed by atoms with Crippen LogP contribution in [0.4, 0.5) is 0 Å². The third-order valence-corrected chi connectivity index (χ3v) is 5.22. The monoisotopic (exact) mass is 225 g/mol. The average Bonchev–Trinajstić information content (AvgIpc) is 2.79. The number of hydrogen-bond acceptors (Lipinski definition) is 3. The molecule has 2 bridgehead atoms. The maximum Gasteiger partial charge on any atom is 0.0996 e. The van der Waals surface area contributed by atoms with Gasteiger partial charge in [0.25, 0.3) is 0 Å². The third-order valence-electron chi connectivity index (χ3n) is 5.22. The largest absolute Gasteiger partial charge is 0.289 e. The van der Waals surface area contributed by atoms with Gasteiger partial charge in [0.1, 0.15) is 0 Å². The summed E-state index contributed by atoms with van der Waals surface area (Å²) >= 11 is 0. The van der Waals surface area contributed by atoms with E-state index in [1.165, 1.54) is 12.0 Å². The van der Waals surface area contributed by atoms with E-state index in [4.69, 9.17) is 0 Å². The number of likely N-dealkylation sites (tertiary alicyclic amines) is 1. The Kier molecular flexibility index (Phi) is 1.44. The summed E-state index contributed by atoms with van der Waals surface area (Å²) in [5.41, 5.74) is 1.45. The smallest absolute Gasteiger partial charge is 0.0996 e. The fourth-order valence-corrected chi connectivity index (χ4v) is 4.50. The van der Waals surface area contributed by atoms with Crippen LogP contribution in [0.2, 0.25) is 0 Å². The minimum atomic E-state index is 0.599. The highest BCUT2D eigenvalue weighted by molar-refractivity contribution is 5.29. The first-order valence-electron chi connectivity index (χ1n) is 6.63. The van der Waals surface area contributed by atoms with Crippen LogP contribution in [0.1, 0.15) is 12.0 Å². The van der Waals surface area contributed by atoms with Gasteiger partial charge in [-0.15, -0.1) is 0 Å². The van der Waals surface area contributed by atoms with Crippen molar-refractivity contribution in [2.75, 3.05) is 0 Å². The second-order valence-electron chi connectivity index (χ2n) is 5.91. The molecule has 2 aliphatic carbocycles.